The van der Waals surface area contributed by atoms with Gasteiger partial charge in [-0.25, -0.2) is 0 Å². The summed E-state index contributed by atoms with van der Waals surface area (Å²) in [5.74, 6) is 0. The lowest BCUT2D eigenvalue weighted by molar-refractivity contribution is 0.450. The van der Waals surface area contributed by atoms with E-state index in [2.05, 4.69) is 10.2 Å². The molecule has 0 amide bonds. The third-order valence-electron chi connectivity index (χ3n) is 3.08. The van der Waals surface area contributed by atoms with Gasteiger partial charge in [0.2, 0.25) is 0 Å². The second-order valence-electron chi connectivity index (χ2n) is 4.14. The minimum Gasteiger partial charge on any atom is -0.368 e. The van der Waals surface area contributed by atoms with Crippen molar-refractivity contribution >= 4 is 28.9 Å². The number of hydrogen-bond acceptors (Lipinski definition) is 2. The van der Waals surface area contributed by atoms with E-state index in [4.69, 9.17) is 23.2 Å². The molecule has 1 aliphatic heterocycles. The Morgan fingerprint density at radius 1 is 1.31 bits per heavy atom. The molecule has 1 N–H and O–H groups in total. The molecule has 88 valence electrons. The molecule has 2 rings (SSSR count). The van der Waals surface area contributed by atoms with Crippen molar-refractivity contribution in [1.82, 2.24) is 5.32 Å². The van der Waals surface area contributed by atoms with Gasteiger partial charge in [0.25, 0.3) is 0 Å². The van der Waals surface area contributed by atoms with Crippen LogP contribution in [0.15, 0.2) is 18.2 Å². The number of nitrogens with zero attached hydrogens (tertiary/aromatic N) is 1. The molecule has 1 atom stereocenters. The Balaban J connectivity index is 2.23. The zero-order chi connectivity index (χ0) is 11.5. The number of rotatable bonds is 2. The molecule has 1 fully saturated rings. The highest BCUT2D eigenvalue weighted by Crippen LogP contribution is 2.34. The highest BCUT2D eigenvalue weighted by molar-refractivity contribution is 6.39. The van der Waals surface area contributed by atoms with Crippen LogP contribution in [0.2, 0.25) is 10.0 Å². The van der Waals surface area contributed by atoms with E-state index >= 15 is 0 Å². The van der Waals surface area contributed by atoms with Gasteiger partial charge in [0, 0.05) is 19.1 Å². The van der Waals surface area contributed by atoms with Crippen LogP contribution in [0.25, 0.3) is 0 Å². The predicted octanol–water partition coefficient (Wildman–Crippen LogP) is 3.18. The summed E-state index contributed by atoms with van der Waals surface area (Å²) >= 11 is 12.4. The van der Waals surface area contributed by atoms with Crippen LogP contribution in [0.1, 0.15) is 12.8 Å². The second-order valence-corrected chi connectivity index (χ2v) is 4.96. The van der Waals surface area contributed by atoms with Crippen LogP contribution in [0, 0.1) is 0 Å². The molecule has 1 heterocycles. The van der Waals surface area contributed by atoms with Gasteiger partial charge in [-0.1, -0.05) is 29.3 Å². The van der Waals surface area contributed by atoms with Gasteiger partial charge >= 0.3 is 0 Å². The maximum Gasteiger partial charge on any atom is 0.0745 e. The Morgan fingerprint density at radius 3 is 2.62 bits per heavy atom. The molecule has 0 radical (unpaired) electrons. The van der Waals surface area contributed by atoms with Gasteiger partial charge in [0.05, 0.1) is 15.7 Å². The van der Waals surface area contributed by atoms with Gasteiger partial charge in [-0.3, -0.25) is 0 Å². The van der Waals surface area contributed by atoms with Crippen LogP contribution in [0.3, 0.4) is 0 Å². The van der Waals surface area contributed by atoms with Crippen molar-refractivity contribution in [3.05, 3.63) is 28.2 Å². The lowest BCUT2D eigenvalue weighted by atomic mass is 10.1. The van der Waals surface area contributed by atoms with E-state index in [0.717, 1.165) is 28.8 Å². The van der Waals surface area contributed by atoms with Gasteiger partial charge in [-0.05, 0) is 32.0 Å². The number of nitrogens with one attached hydrogen (secondary N) is 1. The largest absolute Gasteiger partial charge is 0.368 e. The first kappa shape index (κ1) is 12.0. The molecule has 2 nitrogen and oxygen atoms in total. The number of hydrogen-bond donors (Lipinski definition) is 1. The van der Waals surface area contributed by atoms with Crippen molar-refractivity contribution in [2.24, 2.45) is 0 Å². The maximum atomic E-state index is 6.21. The molecule has 4 heteroatoms. The number of halogens is 2. The van der Waals surface area contributed by atoms with Crippen molar-refractivity contribution in [2.75, 3.05) is 25.0 Å². The van der Waals surface area contributed by atoms with E-state index in [-0.39, 0.29) is 0 Å². The first-order valence-electron chi connectivity index (χ1n) is 5.58. The minimum absolute atomic E-state index is 0.529. The number of piperidine rings is 1. The fourth-order valence-corrected chi connectivity index (χ4v) is 2.84. The van der Waals surface area contributed by atoms with Crippen LogP contribution in [-0.2, 0) is 0 Å². The van der Waals surface area contributed by atoms with Crippen molar-refractivity contribution in [2.45, 2.75) is 18.9 Å². The Labute approximate surface area is 107 Å². The smallest absolute Gasteiger partial charge is 0.0745 e. The molecule has 0 bridgehead atoms. The summed E-state index contributed by atoms with van der Waals surface area (Å²) in [6.07, 6.45) is 2.39. The molecule has 0 aromatic heterocycles. The molecule has 0 aliphatic carbocycles. The highest BCUT2D eigenvalue weighted by atomic mass is 35.5. The third kappa shape index (κ3) is 2.45. The average Bonchev–Trinajstić information content (AvgIpc) is 2.29. The van der Waals surface area contributed by atoms with Crippen LogP contribution >= 0.6 is 23.2 Å². The van der Waals surface area contributed by atoms with Crippen molar-refractivity contribution in [3.63, 3.8) is 0 Å². The first-order valence-corrected chi connectivity index (χ1v) is 6.34. The molecule has 1 aliphatic rings. The van der Waals surface area contributed by atoms with E-state index in [1.807, 2.05) is 25.2 Å². The van der Waals surface area contributed by atoms with Gasteiger partial charge < -0.3 is 10.2 Å². The van der Waals surface area contributed by atoms with Crippen LogP contribution < -0.4 is 10.2 Å². The lowest BCUT2D eigenvalue weighted by Crippen LogP contribution is -2.44. The van der Waals surface area contributed by atoms with Crippen LogP contribution in [0.5, 0.6) is 0 Å². The van der Waals surface area contributed by atoms with Crippen molar-refractivity contribution in [3.8, 4) is 0 Å². The number of likely N-dealkylation sites (N-methyl/N-ethyl adjacent to an activating group) is 1. The minimum atomic E-state index is 0.529. The van der Waals surface area contributed by atoms with Gasteiger partial charge in [-0.15, -0.1) is 0 Å². The zero-order valence-electron chi connectivity index (χ0n) is 9.34. The van der Waals surface area contributed by atoms with Gasteiger partial charge in [0.1, 0.15) is 0 Å². The molecular formula is C12H16Cl2N2. The second kappa shape index (κ2) is 5.26. The highest BCUT2D eigenvalue weighted by Gasteiger charge is 2.21. The van der Waals surface area contributed by atoms with E-state index in [0.29, 0.717) is 6.04 Å². The average molecular weight is 259 g/mol. The van der Waals surface area contributed by atoms with Crippen LogP contribution in [0.4, 0.5) is 5.69 Å². The fourth-order valence-electron chi connectivity index (χ4n) is 2.21. The summed E-state index contributed by atoms with van der Waals surface area (Å²) in [6.45, 7) is 2.00. The molecule has 1 unspecified atom stereocenters. The van der Waals surface area contributed by atoms with Crippen molar-refractivity contribution in [1.29, 1.82) is 0 Å². The van der Waals surface area contributed by atoms with Crippen molar-refractivity contribution < 1.29 is 0 Å². The molecule has 0 spiro atoms. The van der Waals surface area contributed by atoms with E-state index in [1.165, 1.54) is 12.8 Å². The SMILES string of the molecule is CNC1CCCN(c2c(Cl)cccc2Cl)C1. The summed E-state index contributed by atoms with van der Waals surface area (Å²) in [4.78, 5) is 2.27. The Hall–Kier alpha value is -0.440. The van der Waals surface area contributed by atoms with Crippen LogP contribution in [-0.4, -0.2) is 26.2 Å². The molecule has 16 heavy (non-hydrogen) atoms. The topological polar surface area (TPSA) is 15.3 Å². The molecule has 1 aromatic rings. The molecule has 1 saturated heterocycles. The standard InChI is InChI=1S/C12H16Cl2N2/c1-15-9-4-3-7-16(8-9)12-10(13)5-2-6-11(12)14/h2,5-6,9,15H,3-4,7-8H2,1H3. The summed E-state index contributed by atoms with van der Waals surface area (Å²) in [5.41, 5.74) is 0.978. The zero-order valence-corrected chi connectivity index (χ0v) is 10.9. The Bertz CT molecular complexity index is 348. The lowest BCUT2D eigenvalue weighted by Gasteiger charge is -2.35. The summed E-state index contributed by atoms with van der Waals surface area (Å²) in [6, 6.07) is 6.20. The van der Waals surface area contributed by atoms with Gasteiger partial charge in [-0.2, -0.15) is 0 Å². The van der Waals surface area contributed by atoms with E-state index in [1.54, 1.807) is 0 Å². The number of benzene rings is 1. The summed E-state index contributed by atoms with van der Waals surface area (Å²) in [7, 11) is 2.00. The van der Waals surface area contributed by atoms with E-state index < -0.39 is 0 Å². The number of anilines is 1. The monoisotopic (exact) mass is 258 g/mol. The molecular weight excluding hydrogens is 243 g/mol. The van der Waals surface area contributed by atoms with E-state index in [9.17, 15) is 0 Å². The number of para-hydroxylation sites is 1. The first-order chi connectivity index (χ1) is 7.72. The Morgan fingerprint density at radius 2 is 2.00 bits per heavy atom. The van der Waals surface area contributed by atoms with Gasteiger partial charge in [0.15, 0.2) is 0 Å². The normalized spacial score (nSPS) is 21.2. The third-order valence-corrected chi connectivity index (χ3v) is 3.69. The molecule has 0 saturated carbocycles. The summed E-state index contributed by atoms with van der Waals surface area (Å²) < 4.78 is 0. The fraction of sp³-hybridized carbons (Fsp3) is 0.500. The predicted molar refractivity (Wildman–Crippen MR) is 70.8 cm³/mol. The quantitative estimate of drug-likeness (QED) is 0.877. The Kier molecular flexibility index (Phi) is 3.95. The summed E-state index contributed by atoms with van der Waals surface area (Å²) in [5, 5.41) is 4.79. The maximum absolute atomic E-state index is 6.21. The molecule has 1 aromatic carbocycles.